The van der Waals surface area contributed by atoms with Crippen molar-refractivity contribution in [3.63, 3.8) is 0 Å². The lowest BCUT2D eigenvalue weighted by Crippen LogP contribution is -2.21. The molecule has 0 aliphatic heterocycles. The second kappa shape index (κ2) is 8.16. The first-order chi connectivity index (χ1) is 14.8. The van der Waals surface area contributed by atoms with E-state index in [1.165, 1.54) is 16.2 Å². The third-order valence-electron chi connectivity index (χ3n) is 4.78. The van der Waals surface area contributed by atoms with Gasteiger partial charge in [0.2, 0.25) is 5.78 Å². The Labute approximate surface area is 181 Å². The first kappa shape index (κ1) is 20.5. The van der Waals surface area contributed by atoms with Gasteiger partial charge in [-0.15, -0.1) is 11.3 Å². The molecule has 0 aliphatic carbocycles. The van der Waals surface area contributed by atoms with Crippen LogP contribution in [-0.4, -0.2) is 46.7 Å². The maximum atomic E-state index is 12.7. The normalized spacial score (nSPS) is 10.9. The molecule has 0 atom stereocenters. The van der Waals surface area contributed by atoms with Crippen molar-refractivity contribution < 1.29 is 23.9 Å². The molecule has 0 fully saturated rings. The minimum atomic E-state index is -1.12. The predicted molar refractivity (Wildman–Crippen MR) is 117 cm³/mol. The standard InChI is InChI=1S/C23H18N2O5S/c1-25(2)22(27)14-9-7-13(8-10-14)15-12-31-19(20(15)23(28)29)11-17(26)21-24-16-5-3-4-6-18(16)30-21/h3-10,12H,11H2,1-2H3,(H,28,29). The van der Waals surface area contributed by atoms with Crippen LogP contribution in [0.3, 0.4) is 0 Å². The molecule has 31 heavy (non-hydrogen) atoms. The van der Waals surface area contributed by atoms with Crippen LogP contribution in [0.25, 0.3) is 22.2 Å². The Kier molecular flexibility index (Phi) is 5.39. The number of carboxylic acid groups (broad SMARTS) is 1. The molecule has 0 spiro atoms. The summed E-state index contributed by atoms with van der Waals surface area (Å²) < 4.78 is 5.51. The van der Waals surface area contributed by atoms with E-state index in [2.05, 4.69) is 4.98 Å². The molecule has 0 aliphatic rings. The highest BCUT2D eigenvalue weighted by Gasteiger charge is 2.24. The maximum Gasteiger partial charge on any atom is 0.337 e. The third kappa shape index (κ3) is 3.97. The average Bonchev–Trinajstić information content (AvgIpc) is 3.37. The van der Waals surface area contributed by atoms with E-state index in [1.54, 1.807) is 68.0 Å². The fourth-order valence-electron chi connectivity index (χ4n) is 3.24. The third-order valence-corrected chi connectivity index (χ3v) is 5.77. The molecule has 4 rings (SSSR count). The molecular weight excluding hydrogens is 416 g/mol. The molecule has 2 aromatic carbocycles. The van der Waals surface area contributed by atoms with Gasteiger partial charge in [-0.2, -0.15) is 0 Å². The van der Waals surface area contributed by atoms with Gasteiger partial charge in [-0.1, -0.05) is 24.3 Å². The van der Waals surface area contributed by atoms with Gasteiger partial charge in [0.05, 0.1) is 12.0 Å². The maximum absolute atomic E-state index is 12.7. The number of thiophene rings is 1. The van der Waals surface area contributed by atoms with Gasteiger partial charge in [0.25, 0.3) is 11.8 Å². The van der Waals surface area contributed by atoms with Crippen LogP contribution in [0.5, 0.6) is 0 Å². The lowest BCUT2D eigenvalue weighted by Gasteiger charge is -2.10. The number of rotatable bonds is 6. The zero-order chi connectivity index (χ0) is 22.1. The molecule has 1 N–H and O–H groups in total. The van der Waals surface area contributed by atoms with Crippen molar-refractivity contribution in [3.8, 4) is 11.1 Å². The number of Topliss-reactive ketones (excluding diaryl/α,β-unsaturated/α-hetero) is 1. The number of carbonyl (C=O) groups excluding carboxylic acids is 2. The summed E-state index contributed by atoms with van der Waals surface area (Å²) in [4.78, 5) is 42.9. The van der Waals surface area contributed by atoms with Crippen molar-refractivity contribution in [2.24, 2.45) is 0 Å². The number of amides is 1. The fraction of sp³-hybridized carbons (Fsp3) is 0.130. The van der Waals surface area contributed by atoms with Crippen LogP contribution in [0.1, 0.15) is 36.3 Å². The number of hydrogen-bond acceptors (Lipinski definition) is 6. The number of carboxylic acids is 1. The zero-order valence-corrected chi connectivity index (χ0v) is 17.6. The minimum Gasteiger partial charge on any atom is -0.478 e. The van der Waals surface area contributed by atoms with Gasteiger partial charge in [0.1, 0.15) is 5.52 Å². The number of hydrogen-bond donors (Lipinski definition) is 1. The summed E-state index contributed by atoms with van der Waals surface area (Å²) in [6.45, 7) is 0. The van der Waals surface area contributed by atoms with E-state index in [0.29, 0.717) is 32.7 Å². The Morgan fingerprint density at radius 3 is 2.42 bits per heavy atom. The zero-order valence-electron chi connectivity index (χ0n) is 16.8. The summed E-state index contributed by atoms with van der Waals surface area (Å²) in [5, 5.41) is 11.5. The van der Waals surface area contributed by atoms with Gasteiger partial charge in [-0.05, 0) is 35.2 Å². The molecule has 4 aromatic rings. The first-order valence-corrected chi connectivity index (χ1v) is 10.3. The largest absolute Gasteiger partial charge is 0.478 e. The molecule has 7 nitrogen and oxygen atoms in total. The van der Waals surface area contributed by atoms with E-state index in [4.69, 9.17) is 4.42 Å². The number of benzene rings is 2. The van der Waals surface area contributed by atoms with Gasteiger partial charge in [-0.25, -0.2) is 9.78 Å². The monoisotopic (exact) mass is 434 g/mol. The molecule has 0 bridgehead atoms. The minimum absolute atomic E-state index is 0.0426. The topological polar surface area (TPSA) is 101 Å². The average molecular weight is 434 g/mol. The van der Waals surface area contributed by atoms with Gasteiger partial charge in [0, 0.05) is 30.1 Å². The SMILES string of the molecule is CN(C)C(=O)c1ccc(-c2csc(CC(=O)c3nc4ccccc4o3)c2C(=O)O)cc1. The van der Waals surface area contributed by atoms with Crippen LogP contribution in [0.4, 0.5) is 0 Å². The van der Waals surface area contributed by atoms with Crippen molar-refractivity contribution in [2.75, 3.05) is 14.1 Å². The van der Waals surface area contributed by atoms with Crippen LogP contribution in [0.2, 0.25) is 0 Å². The lowest BCUT2D eigenvalue weighted by molar-refractivity contribution is 0.0696. The number of aromatic carboxylic acids is 1. The van der Waals surface area contributed by atoms with Crippen molar-refractivity contribution in [1.82, 2.24) is 9.88 Å². The fourth-order valence-corrected chi connectivity index (χ4v) is 4.28. The molecular formula is C23H18N2O5S. The summed E-state index contributed by atoms with van der Waals surface area (Å²) >= 11 is 1.20. The van der Waals surface area contributed by atoms with E-state index in [0.717, 1.165) is 0 Å². The van der Waals surface area contributed by atoms with Crippen molar-refractivity contribution in [1.29, 1.82) is 0 Å². The number of nitrogens with zero attached hydrogens (tertiary/aromatic N) is 2. The number of oxazole rings is 1. The second-order valence-electron chi connectivity index (χ2n) is 7.12. The number of carbonyl (C=O) groups is 3. The van der Waals surface area contributed by atoms with Gasteiger partial charge in [-0.3, -0.25) is 9.59 Å². The van der Waals surface area contributed by atoms with Crippen molar-refractivity contribution in [2.45, 2.75) is 6.42 Å². The molecule has 0 saturated carbocycles. The predicted octanol–water partition coefficient (Wildman–Crippen LogP) is 4.38. The highest BCUT2D eigenvalue weighted by atomic mass is 32.1. The Morgan fingerprint density at radius 1 is 1.06 bits per heavy atom. The Balaban J connectivity index is 1.64. The van der Waals surface area contributed by atoms with Gasteiger partial charge < -0.3 is 14.4 Å². The van der Waals surface area contributed by atoms with Gasteiger partial charge >= 0.3 is 5.97 Å². The van der Waals surface area contributed by atoms with Crippen LogP contribution < -0.4 is 0 Å². The van der Waals surface area contributed by atoms with Crippen LogP contribution >= 0.6 is 11.3 Å². The Hall–Kier alpha value is -3.78. The summed E-state index contributed by atoms with van der Waals surface area (Å²) in [5.74, 6) is -1.69. The Bertz CT molecular complexity index is 1270. The van der Waals surface area contributed by atoms with E-state index in [9.17, 15) is 19.5 Å². The summed E-state index contributed by atoms with van der Waals surface area (Å²) in [6.07, 6.45) is -0.129. The first-order valence-electron chi connectivity index (χ1n) is 9.39. The van der Waals surface area contributed by atoms with Crippen LogP contribution in [0.15, 0.2) is 58.3 Å². The lowest BCUT2D eigenvalue weighted by atomic mass is 10.00. The highest BCUT2D eigenvalue weighted by molar-refractivity contribution is 7.11. The summed E-state index contributed by atoms with van der Waals surface area (Å²) in [6, 6.07) is 13.8. The molecule has 2 aromatic heterocycles. The number of ketones is 1. The highest BCUT2D eigenvalue weighted by Crippen LogP contribution is 2.33. The molecule has 0 unspecified atom stereocenters. The van der Waals surface area contributed by atoms with Crippen LogP contribution in [0, 0.1) is 0 Å². The number of para-hydroxylation sites is 2. The van der Waals surface area contributed by atoms with Crippen molar-refractivity contribution >= 4 is 40.1 Å². The molecule has 1 amide bonds. The van der Waals surface area contributed by atoms with Gasteiger partial charge in [0.15, 0.2) is 5.58 Å². The number of aromatic nitrogens is 1. The summed E-state index contributed by atoms with van der Waals surface area (Å²) in [5.41, 5.74) is 2.81. The van der Waals surface area contributed by atoms with E-state index in [-0.39, 0.29) is 29.6 Å². The van der Waals surface area contributed by atoms with Crippen LogP contribution in [-0.2, 0) is 6.42 Å². The summed E-state index contributed by atoms with van der Waals surface area (Å²) in [7, 11) is 3.33. The smallest absolute Gasteiger partial charge is 0.337 e. The van der Waals surface area contributed by atoms with E-state index < -0.39 is 5.97 Å². The van der Waals surface area contributed by atoms with E-state index in [1.807, 2.05) is 0 Å². The molecule has 8 heteroatoms. The van der Waals surface area contributed by atoms with Crippen molar-refractivity contribution in [3.05, 3.63) is 75.8 Å². The second-order valence-corrected chi connectivity index (χ2v) is 8.08. The Morgan fingerprint density at radius 2 is 1.77 bits per heavy atom. The quantitative estimate of drug-likeness (QED) is 0.452. The molecule has 156 valence electrons. The molecule has 2 heterocycles. The molecule has 0 saturated heterocycles. The van der Waals surface area contributed by atoms with E-state index >= 15 is 0 Å². The molecule has 0 radical (unpaired) electrons. The number of fused-ring (bicyclic) bond motifs is 1.